The molecule has 0 aliphatic carbocycles. The Morgan fingerprint density at radius 2 is 1.88 bits per heavy atom. The van der Waals surface area contributed by atoms with Crippen molar-refractivity contribution in [2.75, 3.05) is 6.61 Å². The van der Waals surface area contributed by atoms with E-state index < -0.39 is 48.2 Å². The minimum Gasteiger partial charge on any atom is -0.394 e. The number of rotatable bonds is 5. The molecule has 26 heavy (non-hydrogen) atoms. The molecule has 0 unspecified atom stereocenters. The van der Waals surface area contributed by atoms with E-state index in [9.17, 15) is 30.2 Å². The Balaban J connectivity index is 1.88. The summed E-state index contributed by atoms with van der Waals surface area (Å²) in [5, 5.41) is 54.5. The number of aliphatic hydroxyl groups excluding tert-OH is 4. The lowest BCUT2D eigenvalue weighted by Crippen LogP contribution is -2.63. The first kappa shape index (κ1) is 19.7. The predicted molar refractivity (Wildman–Crippen MR) is 86.1 cm³/mol. The normalized spacial score (nSPS) is 28.7. The summed E-state index contributed by atoms with van der Waals surface area (Å²) >= 11 is 0. The Kier molecular flexibility index (Phi) is 6.54. The number of nitro benzene ring substituents is 1. The van der Waals surface area contributed by atoms with Gasteiger partial charge >= 0.3 is 6.03 Å². The molecule has 6 N–H and O–H groups in total. The van der Waals surface area contributed by atoms with E-state index in [2.05, 4.69) is 15.8 Å². The molecule has 0 bridgehead atoms. The number of aliphatic hydroxyl groups is 4. The monoisotopic (exact) mass is 370 g/mol. The molecular weight excluding hydrogens is 352 g/mol. The molecular formula is C14H18N4O8. The quantitative estimate of drug-likeness (QED) is 0.195. The summed E-state index contributed by atoms with van der Waals surface area (Å²) in [6.07, 6.45) is -6.05. The topological polar surface area (TPSA) is 187 Å². The lowest BCUT2D eigenvalue weighted by Gasteiger charge is -2.39. The Bertz CT molecular complexity index is 665. The van der Waals surface area contributed by atoms with Gasteiger partial charge in [0, 0.05) is 12.1 Å². The highest BCUT2D eigenvalue weighted by Gasteiger charge is 2.43. The fourth-order valence-corrected chi connectivity index (χ4v) is 2.23. The van der Waals surface area contributed by atoms with Crippen LogP contribution in [0.1, 0.15) is 5.56 Å². The van der Waals surface area contributed by atoms with Crippen LogP contribution in [0.5, 0.6) is 0 Å². The second kappa shape index (κ2) is 8.64. The molecule has 1 aromatic carbocycles. The van der Waals surface area contributed by atoms with Gasteiger partial charge in [-0.1, -0.05) is 0 Å². The van der Waals surface area contributed by atoms with Crippen molar-refractivity contribution in [1.82, 2.24) is 10.7 Å². The number of carbonyl (C=O) groups excluding carboxylic acids is 1. The minimum absolute atomic E-state index is 0.0875. The molecule has 1 aliphatic rings. The van der Waals surface area contributed by atoms with E-state index >= 15 is 0 Å². The molecule has 2 amide bonds. The number of carbonyl (C=O) groups is 1. The van der Waals surface area contributed by atoms with Gasteiger partial charge in [-0.2, -0.15) is 5.10 Å². The second-order valence-corrected chi connectivity index (χ2v) is 5.44. The van der Waals surface area contributed by atoms with E-state index in [1.807, 2.05) is 0 Å². The van der Waals surface area contributed by atoms with Gasteiger partial charge in [0.15, 0.2) is 6.23 Å². The molecule has 1 aromatic rings. The lowest BCUT2D eigenvalue weighted by molar-refractivity contribution is -0.384. The SMILES string of the molecule is O=C(N/N=C/c1ccc([N+](=O)[O-])cc1)N[C@@H]1O[C@H](CO)[C@@H](O)[C@H](O)[C@H]1O. The van der Waals surface area contributed by atoms with Gasteiger partial charge in [-0.15, -0.1) is 0 Å². The zero-order valence-corrected chi connectivity index (χ0v) is 13.3. The number of hydrogen-bond acceptors (Lipinski definition) is 9. The van der Waals surface area contributed by atoms with Gasteiger partial charge in [-0.3, -0.25) is 10.1 Å². The number of hydrogen-bond donors (Lipinski definition) is 6. The van der Waals surface area contributed by atoms with Crippen LogP contribution >= 0.6 is 0 Å². The van der Waals surface area contributed by atoms with Crippen molar-refractivity contribution < 1.29 is 34.9 Å². The predicted octanol–water partition coefficient (Wildman–Crippen LogP) is -1.97. The van der Waals surface area contributed by atoms with Gasteiger partial charge in [0.25, 0.3) is 5.69 Å². The second-order valence-electron chi connectivity index (χ2n) is 5.44. The van der Waals surface area contributed by atoms with E-state index in [-0.39, 0.29) is 5.69 Å². The largest absolute Gasteiger partial charge is 0.394 e. The van der Waals surface area contributed by atoms with Crippen molar-refractivity contribution in [3.8, 4) is 0 Å². The van der Waals surface area contributed by atoms with Crippen LogP contribution in [0.3, 0.4) is 0 Å². The third-order valence-corrected chi connectivity index (χ3v) is 3.65. The van der Waals surface area contributed by atoms with Gasteiger partial charge in [0.1, 0.15) is 24.4 Å². The van der Waals surface area contributed by atoms with E-state index in [1.54, 1.807) is 0 Å². The van der Waals surface area contributed by atoms with Gasteiger partial charge < -0.3 is 30.5 Å². The van der Waals surface area contributed by atoms with Gasteiger partial charge in [0.2, 0.25) is 0 Å². The van der Waals surface area contributed by atoms with Crippen LogP contribution < -0.4 is 10.7 Å². The van der Waals surface area contributed by atoms with Crippen LogP contribution in [0, 0.1) is 10.1 Å². The number of urea groups is 1. The highest BCUT2D eigenvalue weighted by Crippen LogP contribution is 2.19. The van der Waals surface area contributed by atoms with Crippen LogP contribution in [0.15, 0.2) is 29.4 Å². The van der Waals surface area contributed by atoms with Crippen LogP contribution in [-0.4, -0.2) is 74.8 Å². The minimum atomic E-state index is -1.62. The zero-order chi connectivity index (χ0) is 19.3. The first-order chi connectivity index (χ1) is 12.3. The molecule has 142 valence electrons. The first-order valence-electron chi connectivity index (χ1n) is 7.48. The molecule has 2 rings (SSSR count). The van der Waals surface area contributed by atoms with Crippen molar-refractivity contribution in [2.45, 2.75) is 30.6 Å². The summed E-state index contributed by atoms with van der Waals surface area (Å²) < 4.78 is 5.10. The standard InChI is InChI=1S/C14H18N4O8/c19-6-9-10(20)11(21)12(22)13(26-9)16-14(23)17-15-5-7-1-3-8(4-2-7)18(24)25/h1-5,9-13,19-22H,6H2,(H2,16,17,23)/b15-5+/t9-,10-,11+,12-,13-/m1/s1. The third-order valence-electron chi connectivity index (χ3n) is 3.65. The molecule has 12 nitrogen and oxygen atoms in total. The number of nitrogens with zero attached hydrogens (tertiary/aromatic N) is 2. The van der Waals surface area contributed by atoms with Gasteiger partial charge in [-0.25, -0.2) is 10.2 Å². The molecule has 1 aliphatic heterocycles. The number of hydrazone groups is 1. The average molecular weight is 370 g/mol. The molecule has 1 saturated heterocycles. The molecule has 0 spiro atoms. The summed E-state index contributed by atoms with van der Waals surface area (Å²) in [6.45, 7) is -0.622. The molecule has 12 heteroatoms. The van der Waals surface area contributed by atoms with Gasteiger partial charge in [-0.05, 0) is 17.7 Å². The van der Waals surface area contributed by atoms with E-state index in [0.717, 1.165) is 0 Å². The van der Waals surface area contributed by atoms with Crippen LogP contribution in [0.4, 0.5) is 10.5 Å². The van der Waals surface area contributed by atoms with Crippen molar-refractivity contribution in [2.24, 2.45) is 5.10 Å². The number of non-ortho nitro benzene ring substituents is 1. The number of ether oxygens (including phenoxy) is 1. The molecule has 0 radical (unpaired) electrons. The van der Waals surface area contributed by atoms with Crippen molar-refractivity contribution >= 4 is 17.9 Å². The molecule has 0 aromatic heterocycles. The summed E-state index contributed by atoms with van der Waals surface area (Å²) in [5.41, 5.74) is 2.49. The van der Waals surface area contributed by atoms with Crippen molar-refractivity contribution in [1.29, 1.82) is 0 Å². The summed E-state index contributed by atoms with van der Waals surface area (Å²) in [5.74, 6) is 0. The van der Waals surface area contributed by atoms with Crippen LogP contribution in [0.25, 0.3) is 0 Å². The van der Waals surface area contributed by atoms with Gasteiger partial charge in [0.05, 0.1) is 17.7 Å². The number of nitro groups is 1. The molecule has 5 atom stereocenters. The van der Waals surface area contributed by atoms with Crippen LogP contribution in [-0.2, 0) is 4.74 Å². The Labute approximate surface area is 146 Å². The average Bonchev–Trinajstić information content (AvgIpc) is 2.62. The van der Waals surface area contributed by atoms with Crippen LogP contribution in [0.2, 0.25) is 0 Å². The van der Waals surface area contributed by atoms with E-state index in [4.69, 9.17) is 9.84 Å². The Hall–Kier alpha value is -2.64. The number of benzene rings is 1. The molecule has 0 saturated carbocycles. The van der Waals surface area contributed by atoms with Crippen molar-refractivity contribution in [3.63, 3.8) is 0 Å². The van der Waals surface area contributed by atoms with E-state index in [1.165, 1.54) is 30.5 Å². The zero-order valence-electron chi connectivity index (χ0n) is 13.3. The lowest BCUT2D eigenvalue weighted by atomic mass is 9.98. The van der Waals surface area contributed by atoms with Crippen molar-refractivity contribution in [3.05, 3.63) is 39.9 Å². The van der Waals surface area contributed by atoms with E-state index in [0.29, 0.717) is 5.56 Å². The number of nitrogens with one attached hydrogen (secondary N) is 2. The maximum Gasteiger partial charge on any atom is 0.337 e. The summed E-state index contributed by atoms with van der Waals surface area (Å²) in [7, 11) is 0. The molecule has 1 heterocycles. The smallest absolute Gasteiger partial charge is 0.337 e. The third kappa shape index (κ3) is 4.71. The fourth-order valence-electron chi connectivity index (χ4n) is 2.23. The fraction of sp³-hybridized carbons (Fsp3) is 0.429. The maximum absolute atomic E-state index is 11.8. The number of amides is 2. The first-order valence-corrected chi connectivity index (χ1v) is 7.48. The maximum atomic E-state index is 11.8. The highest BCUT2D eigenvalue weighted by molar-refractivity contribution is 5.82. The highest BCUT2D eigenvalue weighted by atomic mass is 16.6. The summed E-state index contributed by atoms with van der Waals surface area (Å²) in [4.78, 5) is 21.7. The molecule has 1 fully saturated rings. The Morgan fingerprint density at radius 1 is 1.23 bits per heavy atom. The Morgan fingerprint density at radius 3 is 2.46 bits per heavy atom. The summed E-state index contributed by atoms with van der Waals surface area (Å²) in [6, 6.07) is 4.52.